The molecule has 1 aliphatic rings. The number of carbonyl (C=O) groups excluding carboxylic acids is 2. The number of aliphatic hydroxyl groups excluding tert-OH is 1. The van der Waals surface area contributed by atoms with Gasteiger partial charge in [-0.3, -0.25) is 9.59 Å². The van der Waals surface area contributed by atoms with Gasteiger partial charge in [0.15, 0.2) is 0 Å². The molecule has 0 spiro atoms. The molecule has 1 fully saturated rings. The molecule has 2 amide bonds. The second-order valence-electron chi connectivity index (χ2n) is 4.54. The molecule has 1 aromatic rings. The van der Waals surface area contributed by atoms with Crippen LogP contribution in [0.3, 0.4) is 0 Å². The molecule has 104 valence electrons. The number of rotatable bonds is 3. The maximum absolute atomic E-state index is 11.8. The summed E-state index contributed by atoms with van der Waals surface area (Å²) in [4.78, 5) is 22.9. The Morgan fingerprint density at radius 1 is 1.50 bits per heavy atom. The van der Waals surface area contributed by atoms with Crippen molar-refractivity contribution in [3.63, 3.8) is 0 Å². The van der Waals surface area contributed by atoms with Gasteiger partial charge in [-0.25, -0.2) is 0 Å². The van der Waals surface area contributed by atoms with Gasteiger partial charge in [-0.05, 0) is 24.1 Å². The minimum Gasteiger partial charge on any atom is -0.384 e. The number of amides is 2. The number of hydrogen-bond acceptors (Lipinski definition) is 3. The Balaban J connectivity index is 1.90. The largest absolute Gasteiger partial charge is 0.384 e. The topological polar surface area (TPSA) is 78.4 Å². The van der Waals surface area contributed by atoms with E-state index in [2.05, 4.69) is 22.5 Å². The molecule has 1 atom stereocenters. The Morgan fingerprint density at radius 2 is 2.35 bits per heavy atom. The first-order valence-corrected chi connectivity index (χ1v) is 6.45. The first-order chi connectivity index (χ1) is 9.69. The van der Waals surface area contributed by atoms with Gasteiger partial charge >= 0.3 is 0 Å². The van der Waals surface area contributed by atoms with Crippen LogP contribution in [0.1, 0.15) is 24.0 Å². The van der Waals surface area contributed by atoms with Crippen molar-refractivity contribution < 1.29 is 14.7 Å². The third-order valence-electron chi connectivity index (χ3n) is 3.02. The van der Waals surface area contributed by atoms with Gasteiger partial charge in [-0.2, -0.15) is 0 Å². The second kappa shape index (κ2) is 6.73. The highest BCUT2D eigenvalue weighted by atomic mass is 16.2. The first kappa shape index (κ1) is 14.1. The predicted molar refractivity (Wildman–Crippen MR) is 73.4 cm³/mol. The second-order valence-corrected chi connectivity index (χ2v) is 4.54. The van der Waals surface area contributed by atoms with Crippen LogP contribution in [-0.4, -0.2) is 29.6 Å². The van der Waals surface area contributed by atoms with E-state index in [-0.39, 0.29) is 18.4 Å². The monoisotopic (exact) mass is 272 g/mol. The predicted octanol–water partition coefficient (Wildman–Crippen LogP) is -0.0748. The summed E-state index contributed by atoms with van der Waals surface area (Å²) in [6.45, 7) is 0.211. The van der Waals surface area contributed by atoms with Crippen LogP contribution in [0.2, 0.25) is 0 Å². The number of hydrogen-bond donors (Lipinski definition) is 3. The van der Waals surface area contributed by atoms with Crippen molar-refractivity contribution in [3.05, 3.63) is 35.4 Å². The summed E-state index contributed by atoms with van der Waals surface area (Å²) < 4.78 is 0. The Labute approximate surface area is 117 Å². The molecule has 0 bridgehead atoms. The number of benzene rings is 1. The molecular formula is C15H16N2O3. The fourth-order valence-corrected chi connectivity index (χ4v) is 2.02. The summed E-state index contributed by atoms with van der Waals surface area (Å²) in [5.41, 5.74) is 1.72. The average molecular weight is 272 g/mol. The van der Waals surface area contributed by atoms with E-state index in [1.807, 2.05) is 24.3 Å². The SMILES string of the molecule is O=C1CCC(C(=O)NCc2cccc(C#CCO)c2)N1. The number of carbonyl (C=O) groups is 2. The van der Waals surface area contributed by atoms with E-state index in [9.17, 15) is 9.59 Å². The van der Waals surface area contributed by atoms with E-state index in [1.54, 1.807) is 0 Å². The standard InChI is InChI=1S/C15H16N2O3/c18-8-2-5-11-3-1-4-12(9-11)10-16-15(20)13-6-7-14(19)17-13/h1,3-4,9,13,18H,6-8,10H2,(H,16,20)(H,17,19). The molecule has 1 heterocycles. The van der Waals surface area contributed by atoms with Gasteiger partial charge in [0, 0.05) is 18.5 Å². The Hall–Kier alpha value is -2.32. The van der Waals surface area contributed by atoms with Crippen molar-refractivity contribution in [1.82, 2.24) is 10.6 Å². The minimum absolute atomic E-state index is 0.0774. The van der Waals surface area contributed by atoms with Crippen LogP contribution in [0.25, 0.3) is 0 Å². The zero-order valence-corrected chi connectivity index (χ0v) is 11.0. The number of aliphatic hydroxyl groups is 1. The van der Waals surface area contributed by atoms with Crippen LogP contribution in [-0.2, 0) is 16.1 Å². The zero-order valence-electron chi connectivity index (χ0n) is 11.0. The Kier molecular flexibility index (Phi) is 4.75. The van der Waals surface area contributed by atoms with Crippen LogP contribution in [0.4, 0.5) is 0 Å². The molecule has 0 saturated carbocycles. The van der Waals surface area contributed by atoms with Gasteiger partial charge in [0.05, 0.1) is 0 Å². The van der Waals surface area contributed by atoms with E-state index in [0.29, 0.717) is 19.4 Å². The zero-order chi connectivity index (χ0) is 14.4. The van der Waals surface area contributed by atoms with Crippen LogP contribution < -0.4 is 10.6 Å². The van der Waals surface area contributed by atoms with Crippen LogP contribution in [0, 0.1) is 11.8 Å². The summed E-state index contributed by atoms with van der Waals surface area (Å²) in [5.74, 6) is 5.15. The highest BCUT2D eigenvalue weighted by molar-refractivity contribution is 5.90. The smallest absolute Gasteiger partial charge is 0.242 e. The van der Waals surface area contributed by atoms with Crippen LogP contribution in [0.15, 0.2) is 24.3 Å². The molecule has 0 aromatic heterocycles. The quantitative estimate of drug-likeness (QED) is 0.674. The molecular weight excluding hydrogens is 256 g/mol. The van der Waals surface area contributed by atoms with Gasteiger partial charge in [0.25, 0.3) is 0 Å². The van der Waals surface area contributed by atoms with Crippen molar-refractivity contribution in [2.45, 2.75) is 25.4 Å². The molecule has 5 nitrogen and oxygen atoms in total. The van der Waals surface area contributed by atoms with E-state index in [1.165, 1.54) is 0 Å². The summed E-state index contributed by atoms with van der Waals surface area (Å²) in [7, 11) is 0. The summed E-state index contributed by atoms with van der Waals surface area (Å²) in [6, 6.07) is 7.01. The van der Waals surface area contributed by atoms with E-state index in [4.69, 9.17) is 5.11 Å². The van der Waals surface area contributed by atoms with Crippen molar-refractivity contribution in [2.24, 2.45) is 0 Å². The van der Waals surface area contributed by atoms with Gasteiger partial charge in [0.1, 0.15) is 12.6 Å². The lowest BCUT2D eigenvalue weighted by atomic mass is 10.1. The lowest BCUT2D eigenvalue weighted by Crippen LogP contribution is -2.41. The Bertz CT molecular complexity index is 572. The lowest BCUT2D eigenvalue weighted by molar-refractivity contribution is -0.125. The van der Waals surface area contributed by atoms with E-state index >= 15 is 0 Å². The highest BCUT2D eigenvalue weighted by Crippen LogP contribution is 2.08. The highest BCUT2D eigenvalue weighted by Gasteiger charge is 2.26. The van der Waals surface area contributed by atoms with Gasteiger partial charge < -0.3 is 15.7 Å². The third kappa shape index (κ3) is 3.84. The lowest BCUT2D eigenvalue weighted by Gasteiger charge is -2.11. The molecule has 5 heteroatoms. The van der Waals surface area contributed by atoms with E-state index < -0.39 is 6.04 Å². The molecule has 1 unspecified atom stereocenters. The van der Waals surface area contributed by atoms with Crippen molar-refractivity contribution in [3.8, 4) is 11.8 Å². The maximum Gasteiger partial charge on any atom is 0.242 e. The molecule has 1 aliphatic heterocycles. The molecule has 2 rings (SSSR count). The normalized spacial score (nSPS) is 17.1. The maximum atomic E-state index is 11.8. The molecule has 3 N–H and O–H groups in total. The van der Waals surface area contributed by atoms with E-state index in [0.717, 1.165) is 11.1 Å². The minimum atomic E-state index is -0.417. The fraction of sp³-hybridized carbons (Fsp3) is 0.333. The fourth-order valence-electron chi connectivity index (χ4n) is 2.02. The van der Waals surface area contributed by atoms with Crippen LogP contribution in [0.5, 0.6) is 0 Å². The van der Waals surface area contributed by atoms with Crippen molar-refractivity contribution in [1.29, 1.82) is 0 Å². The van der Waals surface area contributed by atoms with Gasteiger partial charge in [-0.15, -0.1) is 0 Å². The summed E-state index contributed by atoms with van der Waals surface area (Å²) in [5, 5.41) is 14.1. The van der Waals surface area contributed by atoms with Gasteiger partial charge in [-0.1, -0.05) is 24.0 Å². The van der Waals surface area contributed by atoms with Crippen molar-refractivity contribution in [2.75, 3.05) is 6.61 Å². The number of nitrogens with one attached hydrogen (secondary N) is 2. The molecule has 20 heavy (non-hydrogen) atoms. The Morgan fingerprint density at radius 3 is 3.05 bits per heavy atom. The van der Waals surface area contributed by atoms with Crippen LogP contribution >= 0.6 is 0 Å². The van der Waals surface area contributed by atoms with Crippen molar-refractivity contribution >= 4 is 11.8 Å². The third-order valence-corrected chi connectivity index (χ3v) is 3.02. The first-order valence-electron chi connectivity index (χ1n) is 6.45. The summed E-state index contributed by atoms with van der Waals surface area (Å²) >= 11 is 0. The molecule has 0 radical (unpaired) electrons. The molecule has 1 saturated heterocycles. The average Bonchev–Trinajstić information content (AvgIpc) is 2.90. The summed E-state index contributed by atoms with van der Waals surface area (Å²) in [6.07, 6.45) is 0.955. The molecule has 1 aromatic carbocycles. The van der Waals surface area contributed by atoms with Gasteiger partial charge in [0.2, 0.25) is 11.8 Å². The molecule has 0 aliphatic carbocycles.